The summed E-state index contributed by atoms with van der Waals surface area (Å²) in [5.74, 6) is 1.31. The van der Waals surface area contributed by atoms with Crippen LogP contribution < -0.4 is 0 Å². The van der Waals surface area contributed by atoms with Crippen molar-refractivity contribution in [3.05, 3.63) is 54.0 Å². The van der Waals surface area contributed by atoms with Crippen molar-refractivity contribution in [2.45, 2.75) is 6.42 Å². The first-order valence-electron chi connectivity index (χ1n) is 4.75. The molecule has 0 amide bonds. The molecule has 0 saturated heterocycles. The van der Waals surface area contributed by atoms with Crippen LogP contribution in [0.25, 0.3) is 5.57 Å². The Hall–Kier alpha value is -1.46. The molecule has 2 heteroatoms. The van der Waals surface area contributed by atoms with E-state index in [-0.39, 0.29) is 0 Å². The molecule has 1 aromatic rings. The van der Waals surface area contributed by atoms with Gasteiger partial charge in [-0.15, -0.1) is 11.8 Å². The number of nitriles is 1. The number of rotatable bonds is 1. The van der Waals surface area contributed by atoms with Gasteiger partial charge < -0.3 is 0 Å². The van der Waals surface area contributed by atoms with Gasteiger partial charge in [-0.25, -0.2) is 0 Å². The second-order valence-electron chi connectivity index (χ2n) is 2.99. The lowest BCUT2D eigenvalue weighted by Gasteiger charge is -1.92. The van der Waals surface area contributed by atoms with Gasteiger partial charge in [0.25, 0.3) is 0 Å². The van der Waals surface area contributed by atoms with Gasteiger partial charge in [0.05, 0.1) is 11.6 Å². The Bertz CT molecular complexity index is 367. The highest BCUT2D eigenvalue weighted by molar-refractivity contribution is 8.02. The highest BCUT2D eigenvalue weighted by Gasteiger charge is 1.92. The third-order valence-corrected chi connectivity index (χ3v) is 2.71. The summed E-state index contributed by atoms with van der Waals surface area (Å²) in [6.45, 7) is 3.58. The zero-order valence-electron chi connectivity index (χ0n) is 8.52. The van der Waals surface area contributed by atoms with E-state index in [4.69, 9.17) is 5.26 Å². The van der Waals surface area contributed by atoms with Gasteiger partial charge in [0, 0.05) is 5.75 Å². The summed E-state index contributed by atoms with van der Waals surface area (Å²) in [7, 11) is 0. The van der Waals surface area contributed by atoms with Crippen LogP contribution in [-0.2, 0) is 0 Å². The first-order valence-corrected chi connectivity index (χ1v) is 5.80. The molecule has 0 radical (unpaired) electrons. The molecule has 0 atom stereocenters. The topological polar surface area (TPSA) is 23.8 Å². The quantitative estimate of drug-likeness (QED) is 0.664. The lowest BCUT2D eigenvalue weighted by atomic mass is 10.1. The minimum atomic E-state index is 0.514. The lowest BCUT2D eigenvalue weighted by molar-refractivity contribution is 1.28. The number of hydrogen-bond donors (Lipinski definition) is 0. The van der Waals surface area contributed by atoms with Crippen LogP contribution in [-0.4, -0.2) is 5.75 Å². The molecule has 0 aromatic heterocycles. The van der Waals surface area contributed by atoms with Crippen molar-refractivity contribution in [2.75, 3.05) is 5.75 Å². The molecule has 1 aliphatic rings. The van der Waals surface area contributed by atoms with Gasteiger partial charge in [-0.2, -0.15) is 5.26 Å². The predicted molar refractivity (Wildman–Crippen MR) is 67.3 cm³/mol. The fraction of sp³-hybridized carbons (Fsp3) is 0.154. The molecule has 1 heterocycles. The normalized spacial score (nSPS) is 12.5. The first-order chi connectivity index (χ1) is 7.34. The highest BCUT2D eigenvalue weighted by Crippen LogP contribution is 2.11. The number of hydrogen-bond acceptors (Lipinski definition) is 2. The van der Waals surface area contributed by atoms with E-state index in [1.54, 1.807) is 0 Å². The van der Waals surface area contributed by atoms with E-state index in [0.717, 1.165) is 5.56 Å². The molecule has 0 aliphatic carbocycles. The van der Waals surface area contributed by atoms with Crippen LogP contribution in [0.15, 0.2) is 48.4 Å². The van der Waals surface area contributed by atoms with Crippen LogP contribution in [0.3, 0.4) is 0 Å². The monoisotopic (exact) mass is 215 g/mol. The summed E-state index contributed by atoms with van der Waals surface area (Å²) in [6, 6.07) is 11.4. The Balaban J connectivity index is 0.000000187. The van der Waals surface area contributed by atoms with E-state index in [1.807, 2.05) is 48.2 Å². The molecule has 15 heavy (non-hydrogen) atoms. The van der Waals surface area contributed by atoms with Crippen LogP contribution in [0.5, 0.6) is 0 Å². The van der Waals surface area contributed by atoms with Crippen molar-refractivity contribution >= 4 is 17.3 Å². The largest absolute Gasteiger partial charge is 0.192 e. The van der Waals surface area contributed by atoms with Crippen molar-refractivity contribution in [1.82, 2.24) is 0 Å². The number of allylic oxidation sites excluding steroid dienone is 2. The van der Waals surface area contributed by atoms with E-state index in [0.29, 0.717) is 5.57 Å². The van der Waals surface area contributed by atoms with Crippen LogP contribution >= 0.6 is 11.8 Å². The smallest absolute Gasteiger partial charge is 0.0991 e. The van der Waals surface area contributed by atoms with Crippen LogP contribution in [0.1, 0.15) is 12.0 Å². The number of nitrogens with zero attached hydrogens (tertiary/aromatic N) is 1. The Morgan fingerprint density at radius 3 is 2.47 bits per heavy atom. The second kappa shape index (κ2) is 6.92. The lowest BCUT2D eigenvalue weighted by Crippen LogP contribution is -1.75. The Labute approximate surface area is 95.1 Å². The molecule has 76 valence electrons. The van der Waals surface area contributed by atoms with Gasteiger partial charge in [0.2, 0.25) is 0 Å². The van der Waals surface area contributed by atoms with Crippen molar-refractivity contribution in [2.24, 2.45) is 0 Å². The summed E-state index contributed by atoms with van der Waals surface area (Å²) in [6.07, 6.45) is 3.48. The molecule has 1 aromatic carbocycles. The van der Waals surface area contributed by atoms with Crippen molar-refractivity contribution in [3.63, 3.8) is 0 Å². The second-order valence-corrected chi connectivity index (χ2v) is 4.00. The standard InChI is InChI=1S/C9H7N.C4H6S/c1-8(7-10)9-5-3-2-4-6-9;1-2-4-5-3-1/h2-6H,1H2;1,3H,2,4H2. The molecule has 0 spiro atoms. The summed E-state index contributed by atoms with van der Waals surface area (Å²) in [5.41, 5.74) is 1.41. The van der Waals surface area contributed by atoms with Crippen LogP contribution in [0.2, 0.25) is 0 Å². The minimum absolute atomic E-state index is 0.514. The summed E-state index contributed by atoms with van der Waals surface area (Å²) in [5, 5.41) is 10.6. The van der Waals surface area contributed by atoms with Gasteiger partial charge >= 0.3 is 0 Å². The van der Waals surface area contributed by atoms with Crippen molar-refractivity contribution in [1.29, 1.82) is 5.26 Å². The van der Waals surface area contributed by atoms with E-state index >= 15 is 0 Å². The third-order valence-electron chi connectivity index (χ3n) is 1.85. The maximum atomic E-state index is 8.44. The Morgan fingerprint density at radius 1 is 1.33 bits per heavy atom. The van der Waals surface area contributed by atoms with E-state index in [2.05, 4.69) is 18.1 Å². The van der Waals surface area contributed by atoms with Crippen molar-refractivity contribution < 1.29 is 0 Å². The molecule has 1 aliphatic heterocycles. The van der Waals surface area contributed by atoms with E-state index in [9.17, 15) is 0 Å². The molecule has 1 nitrogen and oxygen atoms in total. The van der Waals surface area contributed by atoms with Gasteiger partial charge in [-0.3, -0.25) is 0 Å². The average Bonchev–Trinajstić information content (AvgIpc) is 2.88. The fourth-order valence-electron chi connectivity index (χ4n) is 1.04. The average molecular weight is 215 g/mol. The van der Waals surface area contributed by atoms with Gasteiger partial charge in [0.1, 0.15) is 0 Å². The molecule has 0 fully saturated rings. The molecular weight excluding hydrogens is 202 g/mol. The van der Waals surface area contributed by atoms with Gasteiger partial charge in [-0.1, -0.05) is 43.0 Å². The van der Waals surface area contributed by atoms with Crippen molar-refractivity contribution in [3.8, 4) is 6.07 Å². The highest BCUT2D eigenvalue weighted by atomic mass is 32.2. The van der Waals surface area contributed by atoms with Crippen LogP contribution in [0.4, 0.5) is 0 Å². The molecular formula is C13H13NS. The molecule has 0 N–H and O–H groups in total. The first kappa shape index (κ1) is 11.6. The third kappa shape index (κ3) is 4.53. The van der Waals surface area contributed by atoms with E-state index in [1.165, 1.54) is 12.2 Å². The predicted octanol–water partition coefficient (Wildman–Crippen LogP) is 3.86. The zero-order valence-corrected chi connectivity index (χ0v) is 9.33. The molecule has 0 saturated carbocycles. The minimum Gasteiger partial charge on any atom is -0.192 e. The maximum Gasteiger partial charge on any atom is 0.0991 e. The maximum absolute atomic E-state index is 8.44. The SMILES string of the molecule is C1=CSCC1.C=C(C#N)c1ccccc1. The zero-order chi connectivity index (χ0) is 10.9. The number of benzene rings is 1. The molecule has 0 unspecified atom stereocenters. The summed E-state index contributed by atoms with van der Waals surface area (Å²) in [4.78, 5) is 0. The van der Waals surface area contributed by atoms with E-state index < -0.39 is 0 Å². The Morgan fingerprint density at radius 2 is 2.07 bits per heavy atom. The Kier molecular flexibility index (Phi) is 5.35. The fourth-order valence-corrected chi connectivity index (χ4v) is 1.72. The van der Waals surface area contributed by atoms with Gasteiger partial charge in [-0.05, 0) is 17.4 Å². The summed E-state index contributed by atoms with van der Waals surface area (Å²) < 4.78 is 0. The summed E-state index contributed by atoms with van der Waals surface area (Å²) >= 11 is 1.89. The van der Waals surface area contributed by atoms with Crippen LogP contribution in [0, 0.1) is 11.3 Å². The van der Waals surface area contributed by atoms with Gasteiger partial charge in [0.15, 0.2) is 0 Å². The molecule has 0 bridgehead atoms. The number of thioether (sulfide) groups is 1. The molecule has 2 rings (SSSR count).